The van der Waals surface area contributed by atoms with Crippen molar-refractivity contribution in [3.05, 3.63) is 24.3 Å². The number of rotatable bonds is 5. The van der Waals surface area contributed by atoms with Crippen molar-refractivity contribution in [1.29, 1.82) is 0 Å². The van der Waals surface area contributed by atoms with Gasteiger partial charge in [-0.2, -0.15) is 0 Å². The summed E-state index contributed by atoms with van der Waals surface area (Å²) in [5.41, 5.74) is 5.26. The summed E-state index contributed by atoms with van der Waals surface area (Å²) in [7, 11) is 1.62. The third-order valence-corrected chi connectivity index (χ3v) is 1.86. The van der Waals surface area contributed by atoms with Crippen molar-refractivity contribution in [2.75, 3.05) is 20.3 Å². The average Bonchev–Trinajstić information content (AvgIpc) is 2.24. The van der Waals surface area contributed by atoms with Gasteiger partial charge in [0.2, 0.25) is 0 Å². The van der Waals surface area contributed by atoms with Crippen LogP contribution < -0.4 is 20.5 Å². The Kier molecular flexibility index (Phi) is 4.70. The maximum Gasteiger partial charge on any atom is 0.163 e. The highest BCUT2D eigenvalue weighted by Crippen LogP contribution is 2.18. The number of nitrogens with two attached hydrogens (primary N) is 1. The monoisotopic (exact) mass is 226 g/mol. The molecule has 0 saturated carbocycles. The van der Waals surface area contributed by atoms with E-state index in [1.165, 1.54) is 0 Å². The molecule has 0 aliphatic carbocycles. The molecule has 3 N–H and O–H groups in total. The minimum atomic E-state index is 0.282. The van der Waals surface area contributed by atoms with Crippen LogP contribution in [0.15, 0.2) is 24.3 Å². The highest BCUT2D eigenvalue weighted by atomic mass is 32.1. The zero-order valence-corrected chi connectivity index (χ0v) is 9.34. The number of ether oxygens (including phenoxy) is 2. The van der Waals surface area contributed by atoms with E-state index in [0.29, 0.717) is 13.2 Å². The molecule has 1 aromatic rings. The maximum absolute atomic E-state index is 5.44. The zero-order chi connectivity index (χ0) is 11.1. The number of methoxy groups -OCH3 is 1. The Hall–Kier alpha value is -1.49. The van der Waals surface area contributed by atoms with Crippen molar-refractivity contribution in [2.24, 2.45) is 5.73 Å². The SMILES string of the molecule is COc1cccc(OCCNC(N)=S)c1. The van der Waals surface area contributed by atoms with Gasteiger partial charge >= 0.3 is 0 Å². The Balaban J connectivity index is 2.33. The van der Waals surface area contributed by atoms with Crippen LogP contribution in [-0.4, -0.2) is 25.4 Å². The van der Waals surface area contributed by atoms with Crippen molar-refractivity contribution in [1.82, 2.24) is 5.32 Å². The van der Waals surface area contributed by atoms with Gasteiger partial charge in [-0.15, -0.1) is 0 Å². The third kappa shape index (κ3) is 4.51. The second kappa shape index (κ2) is 6.08. The molecule has 1 rings (SSSR count). The molecule has 0 amide bonds. The second-order valence-corrected chi connectivity index (χ2v) is 3.26. The lowest BCUT2D eigenvalue weighted by Crippen LogP contribution is -2.32. The lowest BCUT2D eigenvalue weighted by molar-refractivity contribution is 0.319. The molecule has 0 aliphatic heterocycles. The van der Waals surface area contributed by atoms with Crippen LogP contribution in [0.5, 0.6) is 11.5 Å². The summed E-state index contributed by atoms with van der Waals surface area (Å²) in [5, 5.41) is 3.08. The largest absolute Gasteiger partial charge is 0.497 e. The predicted molar refractivity (Wildman–Crippen MR) is 63.3 cm³/mol. The molecule has 0 aliphatic rings. The molecule has 82 valence electrons. The van der Waals surface area contributed by atoms with E-state index in [1.807, 2.05) is 24.3 Å². The molecule has 0 spiro atoms. The van der Waals surface area contributed by atoms with E-state index >= 15 is 0 Å². The van der Waals surface area contributed by atoms with Gasteiger partial charge in [0.25, 0.3) is 0 Å². The molecule has 4 nitrogen and oxygen atoms in total. The van der Waals surface area contributed by atoms with Crippen LogP contribution >= 0.6 is 12.2 Å². The number of hydrogen-bond acceptors (Lipinski definition) is 3. The minimum absolute atomic E-state index is 0.282. The molecule has 0 heterocycles. The van der Waals surface area contributed by atoms with Gasteiger partial charge < -0.3 is 20.5 Å². The fourth-order valence-electron chi connectivity index (χ4n) is 1.03. The summed E-state index contributed by atoms with van der Waals surface area (Å²) in [6.07, 6.45) is 0. The van der Waals surface area contributed by atoms with E-state index in [1.54, 1.807) is 7.11 Å². The highest BCUT2D eigenvalue weighted by Gasteiger charge is 1.96. The Labute approximate surface area is 94.4 Å². The van der Waals surface area contributed by atoms with Gasteiger partial charge in [0.1, 0.15) is 18.1 Å². The first kappa shape index (κ1) is 11.6. The Morgan fingerprint density at radius 1 is 1.47 bits per heavy atom. The standard InChI is InChI=1S/C10H14N2O2S/c1-13-8-3-2-4-9(7-8)14-6-5-12-10(11)15/h2-4,7H,5-6H2,1H3,(H3,11,12,15). The molecule has 0 saturated heterocycles. The molecule has 5 heteroatoms. The average molecular weight is 226 g/mol. The Bertz CT molecular complexity index is 331. The van der Waals surface area contributed by atoms with E-state index in [0.717, 1.165) is 11.5 Å². The van der Waals surface area contributed by atoms with Crippen LogP contribution in [0, 0.1) is 0 Å². The molecule has 0 atom stereocenters. The smallest absolute Gasteiger partial charge is 0.163 e. The molecule has 1 aromatic carbocycles. The zero-order valence-electron chi connectivity index (χ0n) is 8.53. The minimum Gasteiger partial charge on any atom is -0.497 e. The normalized spacial score (nSPS) is 9.40. The topological polar surface area (TPSA) is 56.5 Å². The Morgan fingerprint density at radius 3 is 2.87 bits per heavy atom. The molecule has 15 heavy (non-hydrogen) atoms. The van der Waals surface area contributed by atoms with Crippen LogP contribution in [0.4, 0.5) is 0 Å². The first-order chi connectivity index (χ1) is 7.22. The Morgan fingerprint density at radius 2 is 2.20 bits per heavy atom. The van der Waals surface area contributed by atoms with Crippen molar-refractivity contribution < 1.29 is 9.47 Å². The maximum atomic E-state index is 5.44. The molecule has 0 bridgehead atoms. The third-order valence-electron chi connectivity index (χ3n) is 1.71. The van der Waals surface area contributed by atoms with Crippen molar-refractivity contribution in [3.63, 3.8) is 0 Å². The van der Waals surface area contributed by atoms with E-state index in [4.69, 9.17) is 15.2 Å². The van der Waals surface area contributed by atoms with Gasteiger partial charge in [0, 0.05) is 6.07 Å². The summed E-state index contributed by atoms with van der Waals surface area (Å²) >= 11 is 4.66. The van der Waals surface area contributed by atoms with Crippen LogP contribution in [0.2, 0.25) is 0 Å². The van der Waals surface area contributed by atoms with E-state index < -0.39 is 0 Å². The van der Waals surface area contributed by atoms with Gasteiger partial charge in [-0.05, 0) is 24.4 Å². The molecule has 0 fully saturated rings. The van der Waals surface area contributed by atoms with Gasteiger partial charge in [-0.25, -0.2) is 0 Å². The number of nitrogens with one attached hydrogen (secondary N) is 1. The fraction of sp³-hybridized carbons (Fsp3) is 0.300. The first-order valence-corrected chi connectivity index (χ1v) is 4.93. The van der Waals surface area contributed by atoms with Crippen molar-refractivity contribution in [3.8, 4) is 11.5 Å². The van der Waals surface area contributed by atoms with Crippen molar-refractivity contribution >= 4 is 17.3 Å². The van der Waals surface area contributed by atoms with Crippen molar-refractivity contribution in [2.45, 2.75) is 0 Å². The lowest BCUT2D eigenvalue weighted by atomic mass is 10.3. The summed E-state index contributed by atoms with van der Waals surface area (Å²) in [4.78, 5) is 0. The fourth-order valence-corrected chi connectivity index (χ4v) is 1.14. The van der Waals surface area contributed by atoms with E-state index in [9.17, 15) is 0 Å². The molecular weight excluding hydrogens is 212 g/mol. The summed E-state index contributed by atoms with van der Waals surface area (Å²) in [6, 6.07) is 7.42. The highest BCUT2D eigenvalue weighted by molar-refractivity contribution is 7.80. The number of hydrogen-bond donors (Lipinski definition) is 2. The number of benzene rings is 1. The predicted octanol–water partition coefficient (Wildman–Crippen LogP) is 0.907. The van der Waals surface area contributed by atoms with Gasteiger partial charge in [-0.3, -0.25) is 0 Å². The van der Waals surface area contributed by atoms with Crippen LogP contribution in [0.1, 0.15) is 0 Å². The number of thiocarbonyl (C=S) groups is 1. The molecular formula is C10H14N2O2S. The van der Waals surface area contributed by atoms with Gasteiger partial charge in [0.15, 0.2) is 5.11 Å². The first-order valence-electron chi connectivity index (χ1n) is 4.52. The van der Waals surface area contributed by atoms with Crippen LogP contribution in [0.3, 0.4) is 0 Å². The van der Waals surface area contributed by atoms with Gasteiger partial charge in [0.05, 0.1) is 13.7 Å². The second-order valence-electron chi connectivity index (χ2n) is 2.82. The van der Waals surface area contributed by atoms with E-state index in [2.05, 4.69) is 17.5 Å². The summed E-state index contributed by atoms with van der Waals surface area (Å²) < 4.78 is 10.5. The molecule has 0 unspecified atom stereocenters. The summed E-state index contributed by atoms with van der Waals surface area (Å²) in [5.74, 6) is 1.54. The quantitative estimate of drug-likeness (QED) is 0.577. The van der Waals surface area contributed by atoms with E-state index in [-0.39, 0.29) is 5.11 Å². The summed E-state index contributed by atoms with van der Waals surface area (Å²) in [6.45, 7) is 1.09. The van der Waals surface area contributed by atoms with Crippen LogP contribution in [-0.2, 0) is 0 Å². The lowest BCUT2D eigenvalue weighted by Gasteiger charge is -2.08. The molecule has 0 radical (unpaired) electrons. The van der Waals surface area contributed by atoms with Crippen LogP contribution in [0.25, 0.3) is 0 Å². The van der Waals surface area contributed by atoms with Gasteiger partial charge in [-0.1, -0.05) is 6.07 Å². The molecule has 0 aromatic heterocycles.